The summed E-state index contributed by atoms with van der Waals surface area (Å²) in [5.41, 5.74) is 2.99. The summed E-state index contributed by atoms with van der Waals surface area (Å²) in [6, 6.07) is 0. The van der Waals surface area contributed by atoms with Crippen LogP contribution in [0.3, 0.4) is 0 Å². The lowest BCUT2D eigenvalue weighted by atomic mass is 10.1. The Balaban J connectivity index is 3.12. The Bertz CT molecular complexity index is 406. The highest BCUT2D eigenvalue weighted by atomic mass is 16.3. The first-order valence-electron chi connectivity index (χ1n) is 6.16. The number of aromatic nitrogens is 2. The molecule has 102 valence electrons. The van der Waals surface area contributed by atoms with Crippen LogP contribution in [-0.2, 0) is 6.42 Å². The molecule has 0 fully saturated rings. The predicted octanol–water partition coefficient (Wildman–Crippen LogP) is 1.21. The van der Waals surface area contributed by atoms with Gasteiger partial charge in [0, 0.05) is 12.0 Å². The number of anilines is 2. The molecule has 1 rings (SSSR count). The minimum Gasteiger partial charge on any atom is -0.394 e. The third kappa shape index (κ3) is 3.54. The van der Waals surface area contributed by atoms with Crippen LogP contribution in [-0.4, -0.2) is 27.2 Å². The number of nitrogens with one attached hydrogen (secondary N) is 2. The number of nitrogens with zero attached hydrogens (tertiary/aromatic N) is 2. The number of nitrogens with two attached hydrogens (primary N) is 1. The largest absolute Gasteiger partial charge is 0.394 e. The maximum absolute atomic E-state index is 9.30. The van der Waals surface area contributed by atoms with Crippen LogP contribution in [0.2, 0.25) is 0 Å². The fraction of sp³-hybridized carbons (Fsp3) is 0.667. The van der Waals surface area contributed by atoms with Crippen molar-refractivity contribution in [1.82, 2.24) is 9.97 Å². The summed E-state index contributed by atoms with van der Waals surface area (Å²) in [5.74, 6) is 7.53. The van der Waals surface area contributed by atoms with Crippen LogP contribution in [0.25, 0.3) is 0 Å². The zero-order chi connectivity index (χ0) is 13.8. The number of hydrogen-bond donors (Lipinski definition) is 4. The second-order valence-corrected chi connectivity index (χ2v) is 5.02. The summed E-state index contributed by atoms with van der Waals surface area (Å²) in [7, 11) is 0. The highest BCUT2D eigenvalue weighted by molar-refractivity contribution is 5.57. The molecule has 0 aliphatic carbocycles. The minimum absolute atomic E-state index is 0.0188. The average molecular weight is 253 g/mol. The van der Waals surface area contributed by atoms with E-state index in [9.17, 15) is 5.11 Å². The Morgan fingerprint density at radius 1 is 1.28 bits per heavy atom. The van der Waals surface area contributed by atoms with E-state index in [-0.39, 0.29) is 6.61 Å². The van der Waals surface area contributed by atoms with Gasteiger partial charge in [0.25, 0.3) is 0 Å². The van der Waals surface area contributed by atoms with Gasteiger partial charge in [-0.05, 0) is 27.2 Å². The number of aryl methyl sites for hydroxylation is 1. The molecule has 0 spiro atoms. The molecule has 0 aliphatic heterocycles. The van der Waals surface area contributed by atoms with E-state index in [0.717, 1.165) is 24.2 Å². The molecule has 0 atom stereocenters. The zero-order valence-electron chi connectivity index (χ0n) is 11.5. The first-order chi connectivity index (χ1) is 8.43. The second kappa shape index (κ2) is 5.97. The summed E-state index contributed by atoms with van der Waals surface area (Å²) in [6.45, 7) is 7.79. The molecule has 0 saturated carbocycles. The third-order valence-corrected chi connectivity index (χ3v) is 2.65. The monoisotopic (exact) mass is 253 g/mol. The van der Waals surface area contributed by atoms with Crippen molar-refractivity contribution in [2.45, 2.75) is 46.1 Å². The molecule has 0 bridgehead atoms. The Morgan fingerprint density at radius 2 is 1.89 bits per heavy atom. The minimum atomic E-state index is -0.436. The average Bonchev–Trinajstić information content (AvgIpc) is 2.33. The van der Waals surface area contributed by atoms with Crippen molar-refractivity contribution in [2.75, 3.05) is 17.3 Å². The Kier molecular flexibility index (Phi) is 4.86. The fourth-order valence-corrected chi connectivity index (χ4v) is 1.52. The summed E-state index contributed by atoms with van der Waals surface area (Å²) in [6.07, 6.45) is 1.76. The molecule has 5 N–H and O–H groups in total. The molecule has 0 unspecified atom stereocenters. The quantitative estimate of drug-likeness (QED) is 0.449. The van der Waals surface area contributed by atoms with Crippen molar-refractivity contribution in [3.05, 3.63) is 11.4 Å². The highest BCUT2D eigenvalue weighted by Crippen LogP contribution is 2.22. The molecule has 0 aromatic carbocycles. The lowest BCUT2D eigenvalue weighted by Crippen LogP contribution is -2.36. The summed E-state index contributed by atoms with van der Waals surface area (Å²) in [4.78, 5) is 8.82. The molecule has 6 heteroatoms. The summed E-state index contributed by atoms with van der Waals surface area (Å²) < 4.78 is 0. The number of hydrazine groups is 1. The lowest BCUT2D eigenvalue weighted by Gasteiger charge is -2.26. The van der Waals surface area contributed by atoms with Crippen LogP contribution in [0.15, 0.2) is 0 Å². The van der Waals surface area contributed by atoms with Gasteiger partial charge in [0.2, 0.25) is 0 Å². The fourth-order valence-electron chi connectivity index (χ4n) is 1.52. The molecule has 0 aliphatic rings. The van der Waals surface area contributed by atoms with E-state index in [2.05, 4.69) is 27.6 Å². The van der Waals surface area contributed by atoms with Crippen LogP contribution in [0.1, 0.15) is 38.6 Å². The van der Waals surface area contributed by atoms with Gasteiger partial charge in [-0.15, -0.1) is 0 Å². The topological polar surface area (TPSA) is 96.1 Å². The van der Waals surface area contributed by atoms with Crippen LogP contribution >= 0.6 is 0 Å². The normalized spacial score (nSPS) is 11.4. The molecule has 0 amide bonds. The number of nitrogen functional groups attached to an aromatic ring is 1. The van der Waals surface area contributed by atoms with Gasteiger partial charge >= 0.3 is 0 Å². The van der Waals surface area contributed by atoms with Crippen molar-refractivity contribution >= 4 is 11.6 Å². The van der Waals surface area contributed by atoms with Crippen LogP contribution < -0.4 is 16.6 Å². The molecular weight excluding hydrogens is 230 g/mol. The van der Waals surface area contributed by atoms with E-state index >= 15 is 0 Å². The molecule has 0 radical (unpaired) electrons. The highest BCUT2D eigenvalue weighted by Gasteiger charge is 2.19. The maximum Gasteiger partial charge on any atom is 0.148 e. The number of hydrogen-bond acceptors (Lipinski definition) is 6. The van der Waals surface area contributed by atoms with Crippen LogP contribution in [0, 0.1) is 6.92 Å². The van der Waals surface area contributed by atoms with Crippen molar-refractivity contribution in [3.63, 3.8) is 0 Å². The van der Waals surface area contributed by atoms with Gasteiger partial charge in [-0.25, -0.2) is 15.8 Å². The molecule has 1 heterocycles. The van der Waals surface area contributed by atoms with E-state index in [1.165, 1.54) is 0 Å². The van der Waals surface area contributed by atoms with Gasteiger partial charge in [0.1, 0.15) is 17.5 Å². The van der Waals surface area contributed by atoms with Crippen molar-refractivity contribution in [2.24, 2.45) is 5.84 Å². The molecular formula is C12H23N5O. The first-order valence-corrected chi connectivity index (χ1v) is 6.16. The van der Waals surface area contributed by atoms with E-state index in [0.29, 0.717) is 11.6 Å². The van der Waals surface area contributed by atoms with Gasteiger partial charge in [-0.2, -0.15) is 0 Å². The van der Waals surface area contributed by atoms with Crippen molar-refractivity contribution < 1.29 is 5.11 Å². The van der Waals surface area contributed by atoms with E-state index in [1.54, 1.807) is 0 Å². The van der Waals surface area contributed by atoms with Gasteiger partial charge in [0.05, 0.1) is 12.1 Å². The number of rotatable bonds is 6. The second-order valence-electron chi connectivity index (χ2n) is 5.02. The molecule has 0 saturated heterocycles. The van der Waals surface area contributed by atoms with Crippen LogP contribution in [0.4, 0.5) is 11.6 Å². The molecule has 1 aromatic heterocycles. The standard InChI is InChI=1S/C12H23N5O/c1-5-6-9-14-10(16-12(3,4)7-18)8(2)11(15-9)17-13/h18H,5-7,13H2,1-4H3,(H2,14,15,16,17). The lowest BCUT2D eigenvalue weighted by molar-refractivity contribution is 0.234. The van der Waals surface area contributed by atoms with E-state index < -0.39 is 5.54 Å². The van der Waals surface area contributed by atoms with Crippen LogP contribution in [0.5, 0.6) is 0 Å². The summed E-state index contributed by atoms with van der Waals surface area (Å²) >= 11 is 0. The third-order valence-electron chi connectivity index (χ3n) is 2.65. The summed E-state index contributed by atoms with van der Waals surface area (Å²) in [5, 5.41) is 12.5. The van der Waals surface area contributed by atoms with Gasteiger partial charge < -0.3 is 15.8 Å². The van der Waals surface area contributed by atoms with Gasteiger partial charge in [-0.1, -0.05) is 6.92 Å². The Hall–Kier alpha value is -1.40. The first kappa shape index (κ1) is 14.7. The number of aliphatic hydroxyl groups is 1. The van der Waals surface area contributed by atoms with E-state index in [1.807, 2.05) is 20.8 Å². The smallest absolute Gasteiger partial charge is 0.148 e. The number of aliphatic hydroxyl groups excluding tert-OH is 1. The SMILES string of the molecule is CCCc1nc(NN)c(C)c(NC(C)(C)CO)n1. The zero-order valence-corrected chi connectivity index (χ0v) is 11.5. The van der Waals surface area contributed by atoms with Crippen molar-refractivity contribution in [3.8, 4) is 0 Å². The Morgan fingerprint density at radius 3 is 2.39 bits per heavy atom. The van der Waals surface area contributed by atoms with Gasteiger partial charge in [0.15, 0.2) is 0 Å². The molecule has 18 heavy (non-hydrogen) atoms. The Labute approximate surface area is 108 Å². The molecule has 6 nitrogen and oxygen atoms in total. The van der Waals surface area contributed by atoms with Gasteiger partial charge in [-0.3, -0.25) is 0 Å². The predicted molar refractivity (Wildman–Crippen MR) is 73.4 cm³/mol. The van der Waals surface area contributed by atoms with Crippen molar-refractivity contribution in [1.29, 1.82) is 0 Å². The van der Waals surface area contributed by atoms with E-state index in [4.69, 9.17) is 5.84 Å². The molecule has 1 aromatic rings. The maximum atomic E-state index is 9.30.